The van der Waals surface area contributed by atoms with E-state index >= 15 is 0 Å². The maximum Gasteiger partial charge on any atom is 0.272 e. The number of benzene rings is 3. The minimum atomic E-state index is -0.310. The van der Waals surface area contributed by atoms with E-state index in [9.17, 15) is 4.79 Å². The van der Waals surface area contributed by atoms with Crippen molar-refractivity contribution in [3.8, 4) is 5.75 Å². The summed E-state index contributed by atoms with van der Waals surface area (Å²) in [6, 6.07) is 19.8. The van der Waals surface area contributed by atoms with E-state index in [-0.39, 0.29) is 12.5 Å². The number of hydrogen-bond donors (Lipinski definition) is 1. The van der Waals surface area contributed by atoms with Crippen molar-refractivity contribution < 1.29 is 9.53 Å². The van der Waals surface area contributed by atoms with Crippen LogP contribution in [0.4, 0.5) is 0 Å². The second kappa shape index (κ2) is 9.73. The summed E-state index contributed by atoms with van der Waals surface area (Å²) in [5.74, 6) is 0.308. The number of carbonyl (C=O) groups excluding carboxylic acids is 1. The zero-order chi connectivity index (χ0) is 19.9. The summed E-state index contributed by atoms with van der Waals surface area (Å²) in [5, 5.41) is 5.15. The van der Waals surface area contributed by atoms with E-state index in [2.05, 4.69) is 26.5 Å². The fourth-order valence-corrected chi connectivity index (χ4v) is 3.31. The fraction of sp³-hybridized carbons (Fsp3) is 0.0476. The van der Waals surface area contributed by atoms with Crippen molar-refractivity contribution in [1.82, 2.24) is 5.43 Å². The van der Waals surface area contributed by atoms with Gasteiger partial charge in [0.25, 0.3) is 5.91 Å². The van der Waals surface area contributed by atoms with E-state index in [0.29, 0.717) is 25.8 Å². The average Bonchev–Trinajstić information content (AvgIpc) is 2.68. The molecule has 28 heavy (non-hydrogen) atoms. The molecule has 0 radical (unpaired) electrons. The first-order valence-corrected chi connectivity index (χ1v) is 9.83. The Bertz CT molecular complexity index is 1020. The molecule has 0 unspecified atom stereocenters. The molecular weight excluding hydrogens is 463 g/mol. The topological polar surface area (TPSA) is 50.7 Å². The predicted octanol–water partition coefficient (Wildman–Crippen LogP) is 6.10. The largest absolute Gasteiger partial charge is 0.488 e. The minimum Gasteiger partial charge on any atom is -0.488 e. The van der Waals surface area contributed by atoms with Gasteiger partial charge in [0.05, 0.1) is 11.8 Å². The standard InChI is InChI=1S/C21H15BrCl2N2O2/c22-18-7-3-2-6-17(18)21(27)26-25-12-14-5-1-4-8-20(14)28-13-15-9-10-16(23)11-19(15)24/h1-12H,13H2,(H,26,27)/b25-12+. The van der Waals surface area contributed by atoms with Gasteiger partial charge in [0.15, 0.2) is 0 Å². The number of nitrogens with zero attached hydrogens (tertiary/aromatic N) is 1. The molecule has 1 N–H and O–H groups in total. The van der Waals surface area contributed by atoms with Crippen LogP contribution in [0, 0.1) is 0 Å². The lowest BCUT2D eigenvalue weighted by Gasteiger charge is -2.10. The number of hydrazone groups is 1. The highest BCUT2D eigenvalue weighted by atomic mass is 79.9. The summed E-state index contributed by atoms with van der Waals surface area (Å²) in [6.07, 6.45) is 1.54. The third kappa shape index (κ3) is 5.35. The van der Waals surface area contributed by atoms with Crippen LogP contribution in [0.2, 0.25) is 10.0 Å². The molecule has 0 heterocycles. The molecule has 0 aliphatic carbocycles. The number of nitrogens with one attached hydrogen (secondary N) is 1. The van der Waals surface area contributed by atoms with Crippen molar-refractivity contribution in [2.75, 3.05) is 0 Å². The van der Waals surface area contributed by atoms with Crippen LogP contribution in [0.1, 0.15) is 21.5 Å². The Morgan fingerprint density at radius 2 is 1.82 bits per heavy atom. The quantitative estimate of drug-likeness (QED) is 0.344. The number of rotatable bonds is 6. The van der Waals surface area contributed by atoms with E-state index in [1.54, 1.807) is 30.3 Å². The highest BCUT2D eigenvalue weighted by molar-refractivity contribution is 9.10. The first-order valence-electron chi connectivity index (χ1n) is 8.28. The molecule has 3 aromatic rings. The molecule has 0 spiro atoms. The third-order valence-electron chi connectivity index (χ3n) is 3.81. The number of ether oxygens (including phenoxy) is 1. The number of halogens is 3. The van der Waals surface area contributed by atoms with Gasteiger partial charge in [-0.1, -0.05) is 53.5 Å². The Balaban J connectivity index is 1.67. The fourth-order valence-electron chi connectivity index (χ4n) is 2.38. The van der Waals surface area contributed by atoms with Crippen LogP contribution in [-0.2, 0) is 6.61 Å². The third-order valence-corrected chi connectivity index (χ3v) is 5.08. The van der Waals surface area contributed by atoms with E-state index in [1.165, 1.54) is 6.21 Å². The molecule has 0 fully saturated rings. The lowest BCUT2D eigenvalue weighted by atomic mass is 10.2. The van der Waals surface area contributed by atoms with Gasteiger partial charge < -0.3 is 4.74 Å². The summed E-state index contributed by atoms with van der Waals surface area (Å²) in [7, 11) is 0. The zero-order valence-corrected chi connectivity index (χ0v) is 17.6. The second-order valence-corrected chi connectivity index (χ2v) is 7.44. The maximum absolute atomic E-state index is 12.2. The summed E-state index contributed by atoms with van der Waals surface area (Å²) in [6.45, 7) is 0.282. The van der Waals surface area contributed by atoms with Gasteiger partial charge in [0.1, 0.15) is 12.4 Å². The normalized spacial score (nSPS) is 10.8. The van der Waals surface area contributed by atoms with Crippen LogP contribution in [0.3, 0.4) is 0 Å². The average molecular weight is 478 g/mol. The molecule has 0 saturated heterocycles. The highest BCUT2D eigenvalue weighted by Gasteiger charge is 2.08. The van der Waals surface area contributed by atoms with Crippen molar-refractivity contribution in [3.05, 3.63) is 97.9 Å². The summed E-state index contributed by atoms with van der Waals surface area (Å²) in [5.41, 5.74) is 4.56. The Labute approximate surface area is 181 Å². The lowest BCUT2D eigenvalue weighted by molar-refractivity contribution is 0.0954. The Hall–Kier alpha value is -2.34. The Morgan fingerprint density at radius 1 is 1.07 bits per heavy atom. The molecule has 7 heteroatoms. The second-order valence-electron chi connectivity index (χ2n) is 5.74. The van der Waals surface area contributed by atoms with Crippen LogP contribution >= 0.6 is 39.1 Å². The number of hydrogen-bond acceptors (Lipinski definition) is 3. The SMILES string of the molecule is O=C(N/N=C/c1ccccc1OCc1ccc(Cl)cc1Cl)c1ccccc1Br. The van der Waals surface area contributed by atoms with Gasteiger partial charge in [-0.05, 0) is 52.3 Å². The minimum absolute atomic E-state index is 0.282. The number of para-hydroxylation sites is 1. The first-order chi connectivity index (χ1) is 13.5. The number of carbonyl (C=O) groups is 1. The van der Waals surface area contributed by atoms with Crippen molar-refractivity contribution in [2.24, 2.45) is 5.10 Å². The van der Waals surface area contributed by atoms with Crippen LogP contribution < -0.4 is 10.2 Å². The van der Waals surface area contributed by atoms with Crippen LogP contribution in [0.15, 0.2) is 76.3 Å². The molecule has 3 aromatic carbocycles. The Morgan fingerprint density at radius 3 is 2.61 bits per heavy atom. The molecule has 0 bridgehead atoms. The Kier molecular flexibility index (Phi) is 7.09. The van der Waals surface area contributed by atoms with Crippen molar-refractivity contribution in [1.29, 1.82) is 0 Å². The van der Waals surface area contributed by atoms with Crippen molar-refractivity contribution in [2.45, 2.75) is 6.61 Å². The van der Waals surface area contributed by atoms with Crippen LogP contribution in [0.5, 0.6) is 5.75 Å². The monoisotopic (exact) mass is 476 g/mol. The van der Waals surface area contributed by atoms with Crippen LogP contribution in [-0.4, -0.2) is 12.1 Å². The molecular formula is C21H15BrCl2N2O2. The first kappa shape index (κ1) is 20.4. The van der Waals surface area contributed by atoms with E-state index in [0.717, 1.165) is 11.1 Å². The van der Waals surface area contributed by atoms with Gasteiger partial charge in [0.2, 0.25) is 0 Å². The lowest BCUT2D eigenvalue weighted by Crippen LogP contribution is -2.18. The van der Waals surface area contributed by atoms with Gasteiger partial charge in [-0.3, -0.25) is 4.79 Å². The smallest absolute Gasteiger partial charge is 0.272 e. The number of amides is 1. The molecule has 4 nitrogen and oxygen atoms in total. The predicted molar refractivity (Wildman–Crippen MR) is 116 cm³/mol. The maximum atomic E-state index is 12.2. The van der Waals surface area contributed by atoms with Gasteiger partial charge in [0, 0.05) is 25.6 Å². The summed E-state index contributed by atoms with van der Waals surface area (Å²) >= 11 is 15.4. The van der Waals surface area contributed by atoms with Gasteiger partial charge in [-0.2, -0.15) is 5.10 Å². The van der Waals surface area contributed by atoms with Gasteiger partial charge in [-0.25, -0.2) is 5.43 Å². The molecule has 0 atom stereocenters. The molecule has 0 saturated carbocycles. The molecule has 142 valence electrons. The highest BCUT2D eigenvalue weighted by Crippen LogP contribution is 2.24. The summed E-state index contributed by atoms with van der Waals surface area (Å²) < 4.78 is 6.57. The van der Waals surface area contributed by atoms with Crippen molar-refractivity contribution >= 4 is 51.3 Å². The molecule has 0 aromatic heterocycles. The van der Waals surface area contributed by atoms with E-state index in [4.69, 9.17) is 27.9 Å². The van der Waals surface area contributed by atoms with Crippen molar-refractivity contribution in [3.63, 3.8) is 0 Å². The van der Waals surface area contributed by atoms with E-state index in [1.807, 2.05) is 36.4 Å². The molecule has 1 amide bonds. The van der Waals surface area contributed by atoms with E-state index < -0.39 is 0 Å². The van der Waals surface area contributed by atoms with Gasteiger partial charge in [-0.15, -0.1) is 0 Å². The zero-order valence-electron chi connectivity index (χ0n) is 14.5. The van der Waals surface area contributed by atoms with Gasteiger partial charge >= 0.3 is 0 Å². The summed E-state index contributed by atoms with van der Waals surface area (Å²) in [4.78, 5) is 12.2. The molecule has 0 aliphatic heterocycles. The molecule has 3 rings (SSSR count). The van der Waals surface area contributed by atoms with Crippen LogP contribution in [0.25, 0.3) is 0 Å². The molecule has 0 aliphatic rings.